The van der Waals surface area contributed by atoms with Crippen molar-refractivity contribution in [1.82, 2.24) is 4.31 Å². The molecular formula is C11H23NO4S. The van der Waals surface area contributed by atoms with Gasteiger partial charge in [0.15, 0.2) is 0 Å². The van der Waals surface area contributed by atoms with Crippen LogP contribution >= 0.6 is 0 Å². The second-order valence-corrected chi connectivity index (χ2v) is 6.63. The SMILES string of the molecule is CCC1CN(S(=O)(=O)CCCOC)CCC1O. The molecule has 2 unspecified atom stereocenters. The summed E-state index contributed by atoms with van der Waals surface area (Å²) in [5, 5.41) is 9.73. The number of piperidine rings is 1. The molecule has 0 saturated carbocycles. The van der Waals surface area contributed by atoms with E-state index in [1.54, 1.807) is 7.11 Å². The van der Waals surface area contributed by atoms with Gasteiger partial charge in [-0.05, 0) is 25.2 Å². The molecule has 0 aliphatic carbocycles. The molecular weight excluding hydrogens is 242 g/mol. The zero-order valence-corrected chi connectivity index (χ0v) is 11.4. The van der Waals surface area contributed by atoms with Crippen molar-refractivity contribution in [2.24, 2.45) is 5.92 Å². The van der Waals surface area contributed by atoms with Crippen LogP contribution in [-0.4, -0.2) is 56.5 Å². The van der Waals surface area contributed by atoms with Gasteiger partial charge in [-0.25, -0.2) is 12.7 Å². The van der Waals surface area contributed by atoms with Gasteiger partial charge in [0, 0.05) is 26.8 Å². The Balaban J connectivity index is 2.54. The molecule has 1 aliphatic heterocycles. The van der Waals surface area contributed by atoms with Gasteiger partial charge in [0.05, 0.1) is 11.9 Å². The minimum absolute atomic E-state index is 0.0703. The minimum Gasteiger partial charge on any atom is -0.393 e. The molecule has 1 saturated heterocycles. The van der Waals surface area contributed by atoms with Crippen LogP contribution in [0.25, 0.3) is 0 Å². The maximum atomic E-state index is 12.0. The first-order valence-corrected chi connectivity index (χ1v) is 7.77. The summed E-state index contributed by atoms with van der Waals surface area (Å²) >= 11 is 0. The number of rotatable bonds is 6. The summed E-state index contributed by atoms with van der Waals surface area (Å²) in [6, 6.07) is 0. The normalized spacial score (nSPS) is 27.2. The zero-order valence-electron chi connectivity index (χ0n) is 10.6. The molecule has 0 aromatic heterocycles. The summed E-state index contributed by atoms with van der Waals surface area (Å²) in [7, 11) is -1.61. The number of sulfonamides is 1. The van der Waals surface area contributed by atoms with Crippen LogP contribution in [0.15, 0.2) is 0 Å². The van der Waals surface area contributed by atoms with Gasteiger partial charge in [-0.1, -0.05) is 6.92 Å². The number of ether oxygens (including phenoxy) is 1. The number of methoxy groups -OCH3 is 1. The Morgan fingerprint density at radius 2 is 2.18 bits per heavy atom. The lowest BCUT2D eigenvalue weighted by Gasteiger charge is -2.34. The van der Waals surface area contributed by atoms with E-state index >= 15 is 0 Å². The highest BCUT2D eigenvalue weighted by atomic mass is 32.2. The summed E-state index contributed by atoms with van der Waals surface area (Å²) < 4.78 is 30.4. The third kappa shape index (κ3) is 4.21. The largest absolute Gasteiger partial charge is 0.393 e. The molecule has 0 amide bonds. The fourth-order valence-corrected chi connectivity index (χ4v) is 3.70. The standard InChI is InChI=1S/C11H23NO4S/c1-3-10-9-12(6-5-11(10)13)17(14,15)8-4-7-16-2/h10-11,13H,3-9H2,1-2H3. The van der Waals surface area contributed by atoms with E-state index in [0.29, 0.717) is 32.5 Å². The highest BCUT2D eigenvalue weighted by Crippen LogP contribution is 2.22. The van der Waals surface area contributed by atoms with Crippen LogP contribution in [0.1, 0.15) is 26.2 Å². The molecule has 0 aromatic rings. The van der Waals surface area contributed by atoms with Crippen molar-refractivity contribution in [3.63, 3.8) is 0 Å². The van der Waals surface area contributed by atoms with E-state index in [0.717, 1.165) is 6.42 Å². The Morgan fingerprint density at radius 3 is 2.76 bits per heavy atom. The van der Waals surface area contributed by atoms with Crippen molar-refractivity contribution in [3.05, 3.63) is 0 Å². The predicted octanol–water partition coefficient (Wildman–Crippen LogP) is 0.446. The first-order chi connectivity index (χ1) is 8.01. The van der Waals surface area contributed by atoms with Gasteiger partial charge in [-0.3, -0.25) is 0 Å². The lowest BCUT2D eigenvalue weighted by Crippen LogP contribution is -2.46. The summed E-state index contributed by atoms with van der Waals surface area (Å²) in [5.74, 6) is 0.203. The van der Waals surface area contributed by atoms with Gasteiger partial charge in [-0.2, -0.15) is 0 Å². The maximum Gasteiger partial charge on any atom is 0.214 e. The smallest absolute Gasteiger partial charge is 0.214 e. The lowest BCUT2D eigenvalue weighted by atomic mass is 9.94. The van der Waals surface area contributed by atoms with Gasteiger partial charge in [0.25, 0.3) is 0 Å². The number of aliphatic hydroxyl groups is 1. The average Bonchev–Trinajstić information content (AvgIpc) is 2.29. The lowest BCUT2D eigenvalue weighted by molar-refractivity contribution is 0.0520. The molecule has 0 spiro atoms. The molecule has 102 valence electrons. The maximum absolute atomic E-state index is 12.0. The molecule has 0 aromatic carbocycles. The van der Waals surface area contributed by atoms with Crippen molar-refractivity contribution < 1.29 is 18.3 Å². The van der Waals surface area contributed by atoms with E-state index in [2.05, 4.69) is 0 Å². The van der Waals surface area contributed by atoms with Gasteiger partial charge in [0.1, 0.15) is 0 Å². The van der Waals surface area contributed by atoms with Gasteiger partial charge < -0.3 is 9.84 Å². The van der Waals surface area contributed by atoms with Crippen LogP contribution in [0.4, 0.5) is 0 Å². The summed E-state index contributed by atoms with van der Waals surface area (Å²) in [6.45, 7) is 3.34. The third-order valence-electron chi connectivity index (χ3n) is 3.33. The van der Waals surface area contributed by atoms with E-state index in [1.807, 2.05) is 6.92 Å². The summed E-state index contributed by atoms with van der Waals surface area (Å²) in [5.41, 5.74) is 0. The molecule has 1 heterocycles. The molecule has 5 nitrogen and oxygen atoms in total. The monoisotopic (exact) mass is 265 g/mol. The van der Waals surface area contributed by atoms with Crippen LogP contribution < -0.4 is 0 Å². The molecule has 17 heavy (non-hydrogen) atoms. The molecule has 0 bridgehead atoms. The van der Waals surface area contributed by atoms with E-state index < -0.39 is 10.0 Å². The number of hydrogen-bond donors (Lipinski definition) is 1. The summed E-state index contributed by atoms with van der Waals surface area (Å²) in [6.07, 6.45) is 1.52. The fraction of sp³-hybridized carbons (Fsp3) is 1.00. The molecule has 1 rings (SSSR count). The number of nitrogens with zero attached hydrogens (tertiary/aromatic N) is 1. The van der Waals surface area contributed by atoms with Crippen LogP contribution in [-0.2, 0) is 14.8 Å². The van der Waals surface area contributed by atoms with Crippen molar-refractivity contribution in [2.75, 3.05) is 32.6 Å². The fourth-order valence-electron chi connectivity index (χ4n) is 2.16. The molecule has 1 aliphatic rings. The highest BCUT2D eigenvalue weighted by Gasteiger charge is 2.32. The molecule has 1 N–H and O–H groups in total. The first-order valence-electron chi connectivity index (χ1n) is 6.16. The number of aliphatic hydroxyl groups excluding tert-OH is 1. The summed E-state index contributed by atoms with van der Waals surface area (Å²) in [4.78, 5) is 0. The van der Waals surface area contributed by atoms with Crippen molar-refractivity contribution in [1.29, 1.82) is 0 Å². The van der Waals surface area contributed by atoms with E-state index in [1.165, 1.54) is 4.31 Å². The quantitative estimate of drug-likeness (QED) is 0.708. The topological polar surface area (TPSA) is 66.8 Å². The second-order valence-electron chi connectivity index (χ2n) is 4.54. The molecule has 1 fully saturated rings. The molecule has 0 radical (unpaired) electrons. The van der Waals surface area contributed by atoms with Gasteiger partial charge >= 0.3 is 0 Å². The molecule has 6 heteroatoms. The van der Waals surface area contributed by atoms with E-state index in [9.17, 15) is 13.5 Å². The number of hydrogen-bond acceptors (Lipinski definition) is 4. The highest BCUT2D eigenvalue weighted by molar-refractivity contribution is 7.89. The van der Waals surface area contributed by atoms with Gasteiger partial charge in [-0.15, -0.1) is 0 Å². The van der Waals surface area contributed by atoms with Crippen molar-refractivity contribution in [2.45, 2.75) is 32.3 Å². The Hall–Kier alpha value is -0.170. The average molecular weight is 265 g/mol. The predicted molar refractivity (Wildman–Crippen MR) is 66.3 cm³/mol. The van der Waals surface area contributed by atoms with Crippen LogP contribution in [0.2, 0.25) is 0 Å². The van der Waals surface area contributed by atoms with E-state index in [4.69, 9.17) is 4.74 Å². The Labute approximate surface area is 104 Å². The van der Waals surface area contributed by atoms with Gasteiger partial charge in [0.2, 0.25) is 10.0 Å². The second kappa shape index (κ2) is 6.68. The first kappa shape index (κ1) is 14.9. The van der Waals surface area contributed by atoms with Crippen LogP contribution in [0, 0.1) is 5.92 Å². The van der Waals surface area contributed by atoms with Crippen LogP contribution in [0.5, 0.6) is 0 Å². The van der Waals surface area contributed by atoms with Crippen molar-refractivity contribution in [3.8, 4) is 0 Å². The molecule has 2 atom stereocenters. The Morgan fingerprint density at radius 1 is 1.47 bits per heavy atom. The van der Waals surface area contributed by atoms with E-state index in [-0.39, 0.29) is 17.8 Å². The Kier molecular flexibility index (Phi) is 5.85. The van der Waals surface area contributed by atoms with Crippen molar-refractivity contribution >= 4 is 10.0 Å². The zero-order chi connectivity index (χ0) is 12.9. The third-order valence-corrected chi connectivity index (χ3v) is 5.25. The minimum atomic E-state index is -3.18. The van der Waals surface area contributed by atoms with Crippen LogP contribution in [0.3, 0.4) is 0 Å². The Bertz CT molecular complexity index is 317.